The fraction of sp³-hybridized carbons (Fsp3) is 0.875. The molecule has 0 bridgehead atoms. The van der Waals surface area contributed by atoms with Gasteiger partial charge in [-0.2, -0.15) is 0 Å². The lowest BCUT2D eigenvalue weighted by atomic mass is 9.84. The highest BCUT2D eigenvalue weighted by atomic mass is 16.5. The molecule has 1 aliphatic carbocycles. The van der Waals surface area contributed by atoms with Crippen molar-refractivity contribution in [3.8, 4) is 0 Å². The van der Waals surface area contributed by atoms with E-state index in [1.54, 1.807) is 7.05 Å². The van der Waals surface area contributed by atoms with Gasteiger partial charge in [0.1, 0.15) is 6.04 Å². The first kappa shape index (κ1) is 18.5. The van der Waals surface area contributed by atoms with E-state index in [9.17, 15) is 9.59 Å². The fourth-order valence-corrected chi connectivity index (χ4v) is 3.87. The van der Waals surface area contributed by atoms with Gasteiger partial charge < -0.3 is 15.0 Å². The third-order valence-electron chi connectivity index (χ3n) is 5.19. The van der Waals surface area contributed by atoms with Gasteiger partial charge in [0.2, 0.25) is 5.91 Å². The molecule has 0 radical (unpaired) electrons. The molecule has 2 aliphatic rings. The normalized spacial score (nSPS) is 25.8. The maximum absolute atomic E-state index is 13.0. The van der Waals surface area contributed by atoms with Crippen LogP contribution in [0.2, 0.25) is 0 Å². The van der Waals surface area contributed by atoms with Crippen LogP contribution in [0.25, 0.3) is 10.4 Å². The highest BCUT2D eigenvalue weighted by Gasteiger charge is 2.42. The number of rotatable bonds is 6. The summed E-state index contributed by atoms with van der Waals surface area (Å²) >= 11 is 0. The Labute approximate surface area is 142 Å². The molecule has 0 aromatic rings. The molecule has 0 spiro atoms. The van der Waals surface area contributed by atoms with Crippen molar-refractivity contribution in [3.63, 3.8) is 0 Å². The number of azide groups is 1. The molecule has 2 rings (SSSR count). The van der Waals surface area contributed by atoms with Crippen LogP contribution in [0.3, 0.4) is 0 Å². The van der Waals surface area contributed by atoms with Crippen LogP contribution < -0.4 is 5.32 Å². The van der Waals surface area contributed by atoms with Gasteiger partial charge in [0.15, 0.2) is 0 Å². The van der Waals surface area contributed by atoms with Crippen molar-refractivity contribution in [1.29, 1.82) is 0 Å². The molecule has 1 N–H and O–H groups in total. The van der Waals surface area contributed by atoms with Crippen molar-refractivity contribution >= 4 is 11.9 Å². The van der Waals surface area contributed by atoms with Crippen molar-refractivity contribution in [1.82, 2.24) is 10.2 Å². The number of likely N-dealkylation sites (N-methyl/N-ethyl adjacent to an activating group) is 1. The van der Waals surface area contributed by atoms with Crippen molar-refractivity contribution in [2.45, 2.75) is 63.1 Å². The summed E-state index contributed by atoms with van der Waals surface area (Å²) in [4.78, 5) is 29.3. The van der Waals surface area contributed by atoms with Crippen molar-refractivity contribution in [2.75, 3.05) is 20.7 Å². The maximum atomic E-state index is 13.0. The van der Waals surface area contributed by atoms with Gasteiger partial charge in [0, 0.05) is 11.5 Å². The third-order valence-corrected chi connectivity index (χ3v) is 5.19. The number of amides is 1. The Morgan fingerprint density at radius 3 is 2.67 bits per heavy atom. The van der Waals surface area contributed by atoms with Gasteiger partial charge in [-0.25, -0.2) is 4.79 Å². The van der Waals surface area contributed by atoms with Crippen molar-refractivity contribution in [3.05, 3.63) is 10.4 Å². The second kappa shape index (κ2) is 8.89. The molecule has 1 heterocycles. The third kappa shape index (κ3) is 4.39. The monoisotopic (exact) mass is 337 g/mol. The summed E-state index contributed by atoms with van der Waals surface area (Å²) < 4.78 is 4.82. The van der Waals surface area contributed by atoms with Gasteiger partial charge in [0.05, 0.1) is 19.2 Å². The van der Waals surface area contributed by atoms with Crippen LogP contribution in [0.5, 0.6) is 0 Å². The topological polar surface area (TPSA) is 107 Å². The molecular formula is C16H27N5O3. The molecule has 8 nitrogen and oxygen atoms in total. The highest BCUT2D eigenvalue weighted by Crippen LogP contribution is 2.29. The first-order valence-corrected chi connectivity index (χ1v) is 8.70. The Kier molecular flexibility index (Phi) is 6.87. The number of likely N-dealkylation sites (tertiary alicyclic amines) is 1. The number of hydrogen-bond acceptors (Lipinski definition) is 5. The van der Waals surface area contributed by atoms with E-state index in [2.05, 4.69) is 15.3 Å². The van der Waals surface area contributed by atoms with Crippen molar-refractivity contribution < 1.29 is 14.3 Å². The Hall–Kier alpha value is -1.79. The van der Waals surface area contributed by atoms with E-state index >= 15 is 0 Å². The first-order valence-electron chi connectivity index (χ1n) is 8.70. The van der Waals surface area contributed by atoms with Crippen LogP contribution in [-0.4, -0.2) is 55.6 Å². The van der Waals surface area contributed by atoms with Gasteiger partial charge in [-0.05, 0) is 31.3 Å². The predicted molar refractivity (Wildman–Crippen MR) is 89.1 cm³/mol. The quantitative estimate of drug-likeness (QED) is 0.346. The minimum absolute atomic E-state index is 0.103. The van der Waals surface area contributed by atoms with E-state index in [4.69, 9.17) is 10.3 Å². The van der Waals surface area contributed by atoms with Crippen LogP contribution in [0, 0.1) is 5.92 Å². The molecular weight excluding hydrogens is 310 g/mol. The average Bonchev–Trinajstić information content (AvgIpc) is 3.03. The number of ether oxygens (including phenoxy) is 1. The smallest absolute Gasteiger partial charge is 0.328 e. The lowest BCUT2D eigenvalue weighted by molar-refractivity contribution is -0.151. The molecule has 3 atom stereocenters. The zero-order chi connectivity index (χ0) is 17.5. The second-order valence-corrected chi connectivity index (χ2v) is 6.70. The Balaban J connectivity index is 2.07. The first-order chi connectivity index (χ1) is 11.6. The Morgan fingerprint density at radius 2 is 2.08 bits per heavy atom. The molecule has 1 saturated heterocycles. The highest BCUT2D eigenvalue weighted by molar-refractivity contribution is 5.88. The van der Waals surface area contributed by atoms with Gasteiger partial charge in [-0.1, -0.05) is 37.2 Å². The molecule has 1 saturated carbocycles. The molecule has 2 fully saturated rings. The Morgan fingerprint density at radius 1 is 1.38 bits per heavy atom. The summed E-state index contributed by atoms with van der Waals surface area (Å²) in [5, 5.41) is 6.79. The molecule has 0 aromatic heterocycles. The molecule has 1 aliphatic heterocycles. The summed E-state index contributed by atoms with van der Waals surface area (Å²) in [6.45, 7) is 0.269. The molecule has 1 unspecified atom stereocenters. The van der Waals surface area contributed by atoms with Gasteiger partial charge in [-0.3, -0.25) is 4.79 Å². The maximum Gasteiger partial charge on any atom is 0.328 e. The van der Waals surface area contributed by atoms with Crippen LogP contribution in [0.1, 0.15) is 44.9 Å². The van der Waals surface area contributed by atoms with Crippen LogP contribution in [-0.2, 0) is 14.3 Å². The molecule has 1 amide bonds. The number of nitrogens with zero attached hydrogens (tertiary/aromatic N) is 4. The summed E-state index contributed by atoms with van der Waals surface area (Å²) in [5.74, 6) is -0.00659. The number of esters is 1. The number of carbonyl (C=O) groups is 2. The van der Waals surface area contributed by atoms with Crippen LogP contribution >= 0.6 is 0 Å². The summed E-state index contributed by atoms with van der Waals surface area (Å²) in [7, 11) is 3.09. The van der Waals surface area contributed by atoms with Crippen molar-refractivity contribution in [2.24, 2.45) is 11.0 Å². The van der Waals surface area contributed by atoms with E-state index < -0.39 is 12.0 Å². The van der Waals surface area contributed by atoms with Gasteiger partial charge in [-0.15, -0.1) is 0 Å². The lowest BCUT2D eigenvalue weighted by Crippen LogP contribution is -2.50. The van der Waals surface area contributed by atoms with E-state index in [0.717, 1.165) is 19.3 Å². The van der Waals surface area contributed by atoms with Gasteiger partial charge in [0.25, 0.3) is 0 Å². The summed E-state index contributed by atoms with van der Waals surface area (Å²) in [6.07, 6.45) is 7.15. The van der Waals surface area contributed by atoms with Crippen LogP contribution in [0.15, 0.2) is 5.11 Å². The predicted octanol–water partition coefficient (Wildman–Crippen LogP) is 2.00. The largest absolute Gasteiger partial charge is 0.467 e. The fourth-order valence-electron chi connectivity index (χ4n) is 3.87. The second-order valence-electron chi connectivity index (χ2n) is 6.70. The van der Waals surface area contributed by atoms with E-state index in [1.165, 1.54) is 31.3 Å². The number of nitrogens with one attached hydrogen (secondary N) is 1. The minimum atomic E-state index is -0.666. The zero-order valence-electron chi connectivity index (χ0n) is 14.5. The van der Waals surface area contributed by atoms with Gasteiger partial charge >= 0.3 is 5.97 Å². The Bertz CT molecular complexity index is 500. The number of carbonyl (C=O) groups excluding carboxylic acids is 2. The molecule has 0 aromatic carbocycles. The standard InChI is InChI=1S/C16H27N5O3/c1-18-13(8-11-6-4-3-5-7-11)15(22)21-10-12(19-20-17)9-14(21)16(23)24-2/h11-14,18H,3-10H2,1-2H3/t12?,13-,14+/m1/s1. The summed E-state index contributed by atoms with van der Waals surface area (Å²) in [6, 6.07) is -1.36. The van der Waals surface area contributed by atoms with E-state index in [1.807, 2.05) is 0 Å². The number of hydrogen-bond donors (Lipinski definition) is 1. The zero-order valence-corrected chi connectivity index (χ0v) is 14.5. The summed E-state index contributed by atoms with van der Waals surface area (Å²) in [5.41, 5.74) is 8.63. The SMILES string of the molecule is CN[C@H](CC1CCCCC1)C(=O)N1CC(N=[N+]=[N-])C[C@H]1C(=O)OC. The lowest BCUT2D eigenvalue weighted by Gasteiger charge is -2.30. The molecule has 8 heteroatoms. The van der Waals surface area contributed by atoms with E-state index in [-0.39, 0.29) is 24.5 Å². The molecule has 134 valence electrons. The molecule has 24 heavy (non-hydrogen) atoms. The minimum Gasteiger partial charge on any atom is -0.467 e. The number of methoxy groups -OCH3 is 1. The van der Waals surface area contributed by atoms with Crippen LogP contribution in [0.4, 0.5) is 0 Å². The van der Waals surface area contributed by atoms with E-state index in [0.29, 0.717) is 12.3 Å². The average molecular weight is 337 g/mol.